The van der Waals surface area contributed by atoms with Crippen LogP contribution in [0.1, 0.15) is 12.5 Å². The second-order valence-corrected chi connectivity index (χ2v) is 2.95. The lowest BCUT2D eigenvalue weighted by Gasteiger charge is -2.04. The van der Waals surface area contributed by atoms with E-state index in [4.69, 9.17) is 18.0 Å². The molecule has 0 aliphatic carbocycles. The Kier molecular flexibility index (Phi) is 3.41. The van der Waals surface area contributed by atoms with Gasteiger partial charge in [-0.1, -0.05) is 12.2 Å². The minimum Gasteiger partial charge on any atom is -0.389 e. The molecule has 14 heavy (non-hydrogen) atoms. The number of nitrogens with one attached hydrogen (secondary N) is 3. The molecule has 7 heteroatoms. The highest BCUT2D eigenvalue weighted by atomic mass is 32.1. The molecular formula is C7H11N5OS. The van der Waals surface area contributed by atoms with Crippen molar-refractivity contribution >= 4 is 29.1 Å². The number of hydrogen-bond acceptors (Lipinski definition) is 3. The highest BCUT2D eigenvalue weighted by Crippen LogP contribution is 2.09. The summed E-state index contributed by atoms with van der Waals surface area (Å²) < 4.78 is 0. The summed E-state index contributed by atoms with van der Waals surface area (Å²) >= 11 is 4.77. The number of hydrogen-bond donors (Lipinski definition) is 4. The van der Waals surface area contributed by atoms with Crippen LogP contribution in [0.5, 0.6) is 0 Å². The number of nitrogens with two attached hydrogens (primary N) is 1. The predicted octanol–water partition coefficient (Wildman–Crippen LogP) is 0.185. The molecule has 1 heterocycles. The smallest absolute Gasteiger partial charge is 0.320 e. The second-order valence-electron chi connectivity index (χ2n) is 2.51. The number of aromatic nitrogens is 2. The summed E-state index contributed by atoms with van der Waals surface area (Å²) in [6, 6.07) is -0.325. The molecule has 76 valence electrons. The van der Waals surface area contributed by atoms with Crippen LogP contribution in [0, 0.1) is 0 Å². The summed E-state index contributed by atoms with van der Waals surface area (Å²) in [5.41, 5.74) is 5.93. The van der Waals surface area contributed by atoms with Gasteiger partial charge in [0.15, 0.2) is 0 Å². The number of thiocarbonyl (C=S) groups is 1. The van der Waals surface area contributed by atoms with Crippen molar-refractivity contribution in [3.63, 3.8) is 0 Å². The summed E-state index contributed by atoms with van der Waals surface area (Å²) in [5, 5.41) is 11.4. The Bertz CT molecular complexity index is 348. The average Bonchev–Trinajstić information content (AvgIpc) is 2.52. The molecule has 0 spiro atoms. The molecule has 0 unspecified atom stereocenters. The second kappa shape index (κ2) is 4.56. The summed E-state index contributed by atoms with van der Waals surface area (Å²) in [4.78, 5) is 11.3. The minimum atomic E-state index is -0.325. The van der Waals surface area contributed by atoms with Crippen LogP contribution >= 0.6 is 12.2 Å². The lowest BCUT2D eigenvalue weighted by molar-refractivity contribution is 0.252. The Morgan fingerprint density at radius 2 is 2.50 bits per heavy atom. The van der Waals surface area contributed by atoms with Crippen LogP contribution in [-0.2, 0) is 0 Å². The van der Waals surface area contributed by atoms with E-state index in [2.05, 4.69) is 20.8 Å². The molecule has 0 aliphatic heterocycles. The van der Waals surface area contributed by atoms with Gasteiger partial charge in [0.05, 0.1) is 11.8 Å². The van der Waals surface area contributed by atoms with Crippen LogP contribution in [0.3, 0.4) is 0 Å². The van der Waals surface area contributed by atoms with E-state index in [1.54, 1.807) is 0 Å². The number of anilines is 1. The van der Waals surface area contributed by atoms with E-state index in [0.29, 0.717) is 17.9 Å². The van der Waals surface area contributed by atoms with Crippen molar-refractivity contribution in [3.05, 3.63) is 11.8 Å². The molecule has 0 aromatic carbocycles. The molecular weight excluding hydrogens is 202 g/mol. The largest absolute Gasteiger partial charge is 0.389 e. The van der Waals surface area contributed by atoms with E-state index in [-0.39, 0.29) is 11.0 Å². The van der Waals surface area contributed by atoms with Crippen LogP contribution in [0.2, 0.25) is 0 Å². The Morgan fingerprint density at radius 3 is 3.07 bits per heavy atom. The van der Waals surface area contributed by atoms with Crippen LogP contribution in [0.25, 0.3) is 0 Å². The molecule has 5 N–H and O–H groups in total. The van der Waals surface area contributed by atoms with Gasteiger partial charge in [0, 0.05) is 6.54 Å². The van der Waals surface area contributed by atoms with Gasteiger partial charge >= 0.3 is 6.03 Å². The first-order valence-electron chi connectivity index (χ1n) is 4.03. The molecule has 2 amide bonds. The highest BCUT2D eigenvalue weighted by molar-refractivity contribution is 7.80. The Balaban J connectivity index is 2.71. The third-order valence-corrected chi connectivity index (χ3v) is 1.70. The zero-order valence-corrected chi connectivity index (χ0v) is 8.44. The van der Waals surface area contributed by atoms with Crippen molar-refractivity contribution in [1.82, 2.24) is 15.5 Å². The third-order valence-electron chi connectivity index (χ3n) is 1.48. The van der Waals surface area contributed by atoms with E-state index in [1.165, 1.54) is 6.20 Å². The number of urea groups is 1. The fraction of sp³-hybridized carbons (Fsp3) is 0.286. The van der Waals surface area contributed by atoms with Crippen molar-refractivity contribution in [2.24, 2.45) is 5.73 Å². The summed E-state index contributed by atoms with van der Waals surface area (Å²) in [6.07, 6.45) is 1.46. The van der Waals surface area contributed by atoms with Gasteiger partial charge in [0.2, 0.25) is 0 Å². The molecule has 1 rings (SSSR count). The molecule has 0 saturated carbocycles. The Hall–Kier alpha value is -1.63. The maximum absolute atomic E-state index is 11.1. The number of nitrogens with zero attached hydrogens (tertiary/aromatic N) is 1. The van der Waals surface area contributed by atoms with Crippen LogP contribution in [0.15, 0.2) is 6.20 Å². The molecule has 0 radical (unpaired) electrons. The maximum Gasteiger partial charge on any atom is 0.320 e. The number of rotatable bonds is 3. The first-order chi connectivity index (χ1) is 6.65. The first kappa shape index (κ1) is 10.5. The van der Waals surface area contributed by atoms with E-state index in [9.17, 15) is 4.79 Å². The molecule has 0 bridgehead atoms. The molecule has 0 saturated heterocycles. The van der Waals surface area contributed by atoms with Gasteiger partial charge < -0.3 is 11.1 Å². The van der Waals surface area contributed by atoms with E-state index in [1.807, 2.05) is 6.92 Å². The normalized spacial score (nSPS) is 9.50. The van der Waals surface area contributed by atoms with Gasteiger partial charge in [-0.15, -0.1) is 0 Å². The zero-order valence-electron chi connectivity index (χ0n) is 7.63. The average molecular weight is 213 g/mol. The van der Waals surface area contributed by atoms with E-state index >= 15 is 0 Å². The third kappa shape index (κ3) is 2.43. The van der Waals surface area contributed by atoms with Gasteiger partial charge in [-0.3, -0.25) is 10.4 Å². The van der Waals surface area contributed by atoms with E-state index < -0.39 is 0 Å². The van der Waals surface area contributed by atoms with Crippen LogP contribution in [-0.4, -0.2) is 27.8 Å². The topological polar surface area (TPSA) is 95.8 Å². The van der Waals surface area contributed by atoms with Crippen molar-refractivity contribution in [2.75, 3.05) is 11.9 Å². The zero-order chi connectivity index (χ0) is 10.6. The molecule has 0 atom stereocenters. The van der Waals surface area contributed by atoms with Gasteiger partial charge in [0.25, 0.3) is 0 Å². The molecule has 1 aromatic rings. The molecule has 1 aromatic heterocycles. The number of H-pyrrole nitrogens is 1. The van der Waals surface area contributed by atoms with Gasteiger partial charge in [-0.2, -0.15) is 5.10 Å². The molecule has 6 nitrogen and oxygen atoms in total. The number of amides is 2. The minimum absolute atomic E-state index is 0.186. The van der Waals surface area contributed by atoms with E-state index in [0.717, 1.165) is 0 Å². The van der Waals surface area contributed by atoms with Crippen LogP contribution in [0.4, 0.5) is 10.6 Å². The summed E-state index contributed by atoms with van der Waals surface area (Å²) in [7, 11) is 0. The summed E-state index contributed by atoms with van der Waals surface area (Å²) in [6.45, 7) is 2.36. The lowest BCUT2D eigenvalue weighted by Crippen LogP contribution is -2.29. The van der Waals surface area contributed by atoms with Crippen molar-refractivity contribution < 1.29 is 4.79 Å². The number of aromatic amines is 1. The Labute approximate surface area is 86.2 Å². The fourth-order valence-electron chi connectivity index (χ4n) is 0.887. The van der Waals surface area contributed by atoms with Crippen molar-refractivity contribution in [2.45, 2.75) is 6.92 Å². The highest BCUT2D eigenvalue weighted by Gasteiger charge is 2.09. The molecule has 0 fully saturated rings. The maximum atomic E-state index is 11.1. The van der Waals surface area contributed by atoms with Crippen molar-refractivity contribution in [3.8, 4) is 0 Å². The lowest BCUT2D eigenvalue weighted by atomic mass is 10.3. The first-order valence-corrected chi connectivity index (χ1v) is 4.44. The van der Waals surface area contributed by atoms with Gasteiger partial charge in [0.1, 0.15) is 10.8 Å². The van der Waals surface area contributed by atoms with Gasteiger partial charge in [-0.05, 0) is 6.92 Å². The SMILES string of the molecule is CCNC(=O)Nc1[nH]ncc1C(N)=S. The molecule has 0 aliphatic rings. The predicted molar refractivity (Wildman–Crippen MR) is 57.2 cm³/mol. The quantitative estimate of drug-likeness (QED) is 0.539. The monoisotopic (exact) mass is 213 g/mol. The fourth-order valence-corrected chi connectivity index (χ4v) is 1.04. The Morgan fingerprint density at radius 1 is 1.79 bits per heavy atom. The number of carbonyl (C=O) groups is 1. The standard InChI is InChI=1S/C7H11N5OS/c1-2-9-7(13)11-6-4(5(8)14)3-10-12-6/h3H,2H2,1H3,(H2,8,14)(H3,9,10,11,12,13). The summed E-state index contributed by atoms with van der Waals surface area (Å²) in [5.74, 6) is 0.406. The van der Waals surface area contributed by atoms with Gasteiger partial charge in [-0.25, -0.2) is 4.79 Å². The number of carbonyl (C=O) groups excluding carboxylic acids is 1. The van der Waals surface area contributed by atoms with Crippen molar-refractivity contribution in [1.29, 1.82) is 0 Å². The van der Waals surface area contributed by atoms with Crippen LogP contribution < -0.4 is 16.4 Å².